The molecule has 2 nitrogen and oxygen atoms in total. The van der Waals surface area contributed by atoms with Crippen LogP contribution in [0.15, 0.2) is 65.9 Å². The van der Waals surface area contributed by atoms with Crippen LogP contribution < -0.4 is 5.32 Å². The van der Waals surface area contributed by atoms with Gasteiger partial charge in [-0.05, 0) is 60.9 Å². The van der Waals surface area contributed by atoms with Crippen molar-refractivity contribution in [3.05, 3.63) is 82.1 Å². The molecule has 0 aromatic heterocycles. The van der Waals surface area contributed by atoms with Crippen LogP contribution in [0.4, 0.5) is 0 Å². The van der Waals surface area contributed by atoms with E-state index in [1.165, 1.54) is 28.9 Å². The Labute approximate surface area is 161 Å². The lowest BCUT2D eigenvalue weighted by atomic mass is 9.75. The minimum absolute atomic E-state index is 0.324. The molecule has 1 aliphatic heterocycles. The van der Waals surface area contributed by atoms with E-state index in [9.17, 15) is 0 Å². The number of rotatable bonds is 4. The van der Waals surface area contributed by atoms with Crippen molar-refractivity contribution in [2.24, 2.45) is 0 Å². The van der Waals surface area contributed by atoms with E-state index in [4.69, 9.17) is 16.3 Å². The molecule has 2 aromatic rings. The van der Waals surface area contributed by atoms with Crippen molar-refractivity contribution in [2.45, 2.75) is 50.6 Å². The SMILES string of the molecule is CCOC1=C2CC[C@H](c3cccc(Cl)c3)C[C@@H]2N[C@H](c2ccccc2)C1. The molecule has 4 rings (SSSR count). The minimum atomic E-state index is 0.324. The van der Waals surface area contributed by atoms with Crippen molar-refractivity contribution in [2.75, 3.05) is 6.61 Å². The van der Waals surface area contributed by atoms with Gasteiger partial charge < -0.3 is 10.1 Å². The summed E-state index contributed by atoms with van der Waals surface area (Å²) in [6.45, 7) is 2.82. The molecule has 0 bridgehead atoms. The van der Waals surface area contributed by atoms with Crippen LogP contribution in [0.3, 0.4) is 0 Å². The predicted molar refractivity (Wildman–Crippen MR) is 107 cm³/mol. The van der Waals surface area contributed by atoms with Gasteiger partial charge in [-0.25, -0.2) is 0 Å². The highest BCUT2D eigenvalue weighted by molar-refractivity contribution is 6.30. The first-order valence-corrected chi connectivity index (χ1v) is 10.0. The highest BCUT2D eigenvalue weighted by Crippen LogP contribution is 2.42. The van der Waals surface area contributed by atoms with Gasteiger partial charge in [-0.3, -0.25) is 0 Å². The fraction of sp³-hybridized carbons (Fsp3) is 0.391. The summed E-state index contributed by atoms with van der Waals surface area (Å²) >= 11 is 6.22. The average Bonchev–Trinajstić information content (AvgIpc) is 2.68. The van der Waals surface area contributed by atoms with Crippen molar-refractivity contribution in [3.8, 4) is 0 Å². The minimum Gasteiger partial charge on any atom is -0.498 e. The monoisotopic (exact) mass is 367 g/mol. The lowest BCUT2D eigenvalue weighted by Crippen LogP contribution is -2.42. The van der Waals surface area contributed by atoms with Crippen LogP contribution in [-0.4, -0.2) is 12.6 Å². The maximum absolute atomic E-state index is 6.22. The van der Waals surface area contributed by atoms with Gasteiger partial charge in [0.15, 0.2) is 0 Å². The van der Waals surface area contributed by atoms with Gasteiger partial charge in [0.2, 0.25) is 0 Å². The Morgan fingerprint density at radius 2 is 1.85 bits per heavy atom. The lowest BCUT2D eigenvalue weighted by molar-refractivity contribution is 0.180. The molecule has 2 aromatic carbocycles. The topological polar surface area (TPSA) is 21.3 Å². The van der Waals surface area contributed by atoms with Crippen molar-refractivity contribution >= 4 is 11.6 Å². The maximum Gasteiger partial charge on any atom is 0.0986 e. The smallest absolute Gasteiger partial charge is 0.0986 e. The maximum atomic E-state index is 6.22. The summed E-state index contributed by atoms with van der Waals surface area (Å²) in [4.78, 5) is 0. The summed E-state index contributed by atoms with van der Waals surface area (Å²) in [5.41, 5.74) is 4.18. The Morgan fingerprint density at radius 3 is 2.62 bits per heavy atom. The second-order valence-corrected chi connectivity index (χ2v) is 7.73. The fourth-order valence-corrected chi connectivity index (χ4v) is 4.66. The molecular formula is C23H26ClNO. The molecule has 1 fully saturated rings. The number of benzene rings is 2. The molecule has 3 atom stereocenters. The zero-order chi connectivity index (χ0) is 17.9. The molecule has 0 saturated heterocycles. The summed E-state index contributed by atoms with van der Waals surface area (Å²) in [7, 11) is 0. The van der Waals surface area contributed by atoms with E-state index in [0.29, 0.717) is 18.0 Å². The molecule has 136 valence electrons. The van der Waals surface area contributed by atoms with E-state index in [-0.39, 0.29) is 0 Å². The molecule has 0 radical (unpaired) electrons. The quantitative estimate of drug-likeness (QED) is 0.715. The Hall–Kier alpha value is -1.77. The Morgan fingerprint density at radius 1 is 1.04 bits per heavy atom. The Kier molecular flexibility index (Phi) is 5.33. The Bertz CT molecular complexity index is 786. The van der Waals surface area contributed by atoms with Crippen LogP contribution in [0.25, 0.3) is 0 Å². The molecule has 3 heteroatoms. The molecule has 1 heterocycles. The number of fused-ring (bicyclic) bond motifs is 1. The third-order valence-electron chi connectivity index (χ3n) is 5.69. The van der Waals surface area contributed by atoms with E-state index in [1.54, 1.807) is 0 Å². The first kappa shape index (κ1) is 17.6. The van der Waals surface area contributed by atoms with Gasteiger partial charge >= 0.3 is 0 Å². The van der Waals surface area contributed by atoms with E-state index in [1.807, 2.05) is 6.07 Å². The third-order valence-corrected chi connectivity index (χ3v) is 5.93. The molecular weight excluding hydrogens is 342 g/mol. The van der Waals surface area contributed by atoms with Gasteiger partial charge in [-0.1, -0.05) is 54.1 Å². The van der Waals surface area contributed by atoms with Crippen molar-refractivity contribution in [1.82, 2.24) is 5.32 Å². The second kappa shape index (κ2) is 7.85. The number of ether oxygens (including phenoxy) is 1. The summed E-state index contributed by atoms with van der Waals surface area (Å²) in [5.74, 6) is 1.77. The van der Waals surface area contributed by atoms with Crippen LogP contribution in [0.5, 0.6) is 0 Å². The fourth-order valence-electron chi connectivity index (χ4n) is 4.46. The van der Waals surface area contributed by atoms with Crippen LogP contribution >= 0.6 is 11.6 Å². The lowest BCUT2D eigenvalue weighted by Gasteiger charge is -2.40. The summed E-state index contributed by atoms with van der Waals surface area (Å²) in [6.07, 6.45) is 4.33. The summed E-state index contributed by atoms with van der Waals surface area (Å²) in [5, 5.41) is 4.73. The molecule has 1 saturated carbocycles. The number of nitrogens with one attached hydrogen (secondary N) is 1. The third kappa shape index (κ3) is 3.67. The Balaban J connectivity index is 1.60. The normalized spacial score (nSPS) is 25.7. The molecule has 2 aliphatic rings. The molecule has 0 unspecified atom stereocenters. The van der Waals surface area contributed by atoms with Gasteiger partial charge in [0, 0.05) is 23.5 Å². The molecule has 26 heavy (non-hydrogen) atoms. The summed E-state index contributed by atoms with van der Waals surface area (Å²) < 4.78 is 6.08. The van der Waals surface area contributed by atoms with E-state index >= 15 is 0 Å². The van der Waals surface area contributed by atoms with Crippen molar-refractivity contribution in [3.63, 3.8) is 0 Å². The second-order valence-electron chi connectivity index (χ2n) is 7.29. The van der Waals surface area contributed by atoms with Crippen LogP contribution in [0, 0.1) is 0 Å². The van der Waals surface area contributed by atoms with Gasteiger partial charge in [-0.2, -0.15) is 0 Å². The number of halogens is 1. The summed E-state index contributed by atoms with van der Waals surface area (Å²) in [6, 6.07) is 19.8. The van der Waals surface area contributed by atoms with Crippen LogP contribution in [-0.2, 0) is 4.74 Å². The van der Waals surface area contributed by atoms with Crippen LogP contribution in [0.2, 0.25) is 5.02 Å². The first-order valence-electron chi connectivity index (χ1n) is 9.65. The number of hydrogen-bond acceptors (Lipinski definition) is 2. The first-order chi connectivity index (χ1) is 12.7. The highest BCUT2D eigenvalue weighted by atomic mass is 35.5. The molecule has 1 N–H and O–H groups in total. The van der Waals surface area contributed by atoms with Crippen molar-refractivity contribution < 1.29 is 4.74 Å². The van der Waals surface area contributed by atoms with Gasteiger partial charge in [0.25, 0.3) is 0 Å². The molecule has 0 amide bonds. The average molecular weight is 368 g/mol. The van der Waals surface area contributed by atoms with Gasteiger partial charge in [-0.15, -0.1) is 0 Å². The van der Waals surface area contributed by atoms with E-state index in [0.717, 1.165) is 30.9 Å². The van der Waals surface area contributed by atoms with E-state index in [2.05, 4.69) is 60.8 Å². The van der Waals surface area contributed by atoms with Crippen LogP contribution in [0.1, 0.15) is 55.7 Å². The number of hydrogen-bond donors (Lipinski definition) is 1. The van der Waals surface area contributed by atoms with Gasteiger partial charge in [0.1, 0.15) is 0 Å². The van der Waals surface area contributed by atoms with E-state index < -0.39 is 0 Å². The largest absolute Gasteiger partial charge is 0.498 e. The zero-order valence-electron chi connectivity index (χ0n) is 15.2. The zero-order valence-corrected chi connectivity index (χ0v) is 16.0. The predicted octanol–water partition coefficient (Wildman–Crippen LogP) is 6.00. The molecule has 0 spiro atoms. The molecule has 1 aliphatic carbocycles. The standard InChI is InChI=1S/C23H26ClNO/c1-2-26-23-15-21(16-7-4-3-5-8-16)25-22-14-18(11-12-20(22)23)17-9-6-10-19(24)13-17/h3-10,13,18,21-22,25H,2,11-12,14-15H2,1H3/t18-,21-,22-/m0/s1. The van der Waals surface area contributed by atoms with Gasteiger partial charge in [0.05, 0.1) is 12.4 Å². The van der Waals surface area contributed by atoms with Crippen molar-refractivity contribution in [1.29, 1.82) is 0 Å². The highest BCUT2D eigenvalue weighted by Gasteiger charge is 2.35.